The van der Waals surface area contributed by atoms with Crippen LogP contribution >= 0.6 is 0 Å². The van der Waals surface area contributed by atoms with E-state index in [1.54, 1.807) is 19.1 Å². The Balaban J connectivity index is 0. The van der Waals surface area contributed by atoms with E-state index in [2.05, 4.69) is 26.7 Å². The highest BCUT2D eigenvalue weighted by molar-refractivity contribution is 5.21. The monoisotopic (exact) mass is 325 g/mol. The van der Waals surface area contributed by atoms with Crippen molar-refractivity contribution in [3.8, 4) is 0 Å². The summed E-state index contributed by atoms with van der Waals surface area (Å²) in [5.41, 5.74) is 6.68. The molecule has 23 heavy (non-hydrogen) atoms. The summed E-state index contributed by atoms with van der Waals surface area (Å²) < 4.78 is 26.4. The van der Waals surface area contributed by atoms with Gasteiger partial charge >= 0.3 is 0 Å². The molecule has 0 amide bonds. The van der Waals surface area contributed by atoms with Crippen LogP contribution in [0.4, 0.5) is 8.78 Å². The second-order valence-corrected chi connectivity index (χ2v) is 5.72. The van der Waals surface area contributed by atoms with Gasteiger partial charge in [0.2, 0.25) is 0 Å². The van der Waals surface area contributed by atoms with E-state index in [1.807, 2.05) is 19.9 Å². The number of allylic oxidation sites excluding steroid dienone is 1. The molecule has 1 nitrogen and oxygen atoms in total. The lowest BCUT2D eigenvalue weighted by atomic mass is 9.89. The van der Waals surface area contributed by atoms with Gasteiger partial charge in [0.25, 0.3) is 0 Å². The van der Waals surface area contributed by atoms with E-state index in [9.17, 15) is 8.78 Å². The highest BCUT2D eigenvalue weighted by Gasteiger charge is 2.17. The Morgan fingerprint density at radius 2 is 1.70 bits per heavy atom. The van der Waals surface area contributed by atoms with Crippen LogP contribution in [0.3, 0.4) is 0 Å². The third-order valence-electron chi connectivity index (χ3n) is 3.52. The fourth-order valence-corrected chi connectivity index (χ4v) is 2.07. The van der Waals surface area contributed by atoms with E-state index < -0.39 is 6.17 Å². The maximum Gasteiger partial charge on any atom is 0.126 e. The predicted octanol–water partition coefficient (Wildman–Crippen LogP) is 6.37. The number of hydrogen-bond acceptors (Lipinski definition) is 1. The van der Waals surface area contributed by atoms with Crippen LogP contribution in [-0.4, -0.2) is 6.17 Å². The quantitative estimate of drug-likeness (QED) is 0.604. The molecule has 1 aromatic carbocycles. The number of nitrogens with two attached hydrogens (primary N) is 1. The molecule has 132 valence electrons. The smallest absolute Gasteiger partial charge is 0.126 e. The maximum atomic E-state index is 13.4. The number of rotatable bonds is 6. The van der Waals surface area contributed by atoms with Crippen LogP contribution < -0.4 is 5.73 Å². The number of alkyl halides is 1. The van der Waals surface area contributed by atoms with Crippen molar-refractivity contribution < 1.29 is 8.78 Å². The lowest BCUT2D eigenvalue weighted by molar-refractivity contribution is 0.244. The molecule has 0 spiro atoms. The number of hydrogen-bond donors (Lipinski definition) is 1. The fraction of sp³-hybridized carbons (Fsp3) is 0.500. The molecule has 0 aliphatic heterocycles. The molecule has 0 heterocycles. The number of benzene rings is 1. The van der Waals surface area contributed by atoms with E-state index in [0.717, 1.165) is 18.5 Å². The third kappa shape index (κ3) is 11.6. The van der Waals surface area contributed by atoms with Gasteiger partial charge in [-0.25, -0.2) is 8.78 Å². The summed E-state index contributed by atoms with van der Waals surface area (Å²) in [4.78, 5) is 0. The molecule has 2 unspecified atom stereocenters. The van der Waals surface area contributed by atoms with Crippen molar-refractivity contribution >= 4 is 0 Å². The van der Waals surface area contributed by atoms with Crippen LogP contribution in [0.25, 0.3) is 0 Å². The molecule has 0 saturated heterocycles. The van der Waals surface area contributed by atoms with Gasteiger partial charge in [0.15, 0.2) is 0 Å². The Morgan fingerprint density at radius 3 is 2.04 bits per heavy atom. The van der Waals surface area contributed by atoms with Gasteiger partial charge in [-0.3, -0.25) is 0 Å². The average Bonchev–Trinajstić information content (AvgIpc) is 2.50. The van der Waals surface area contributed by atoms with E-state index >= 15 is 0 Å². The second-order valence-electron chi connectivity index (χ2n) is 5.72. The molecule has 0 fully saturated rings. The van der Waals surface area contributed by atoms with E-state index in [-0.39, 0.29) is 17.7 Å². The standard InChI is InChI=1S/C13H18F2.C5H11N.C2H4/c1-9(11(3)14)8-10(2)12-6-4-5-7-13(12)15;1-3-4-5(2)6;1-2/h4-7,9-11H,8H2,1-3H3;2-4,6H2,1H3;1-2H2/t9-,10?,11?;;/m0../s1. The molecule has 1 aromatic rings. The molecule has 0 radical (unpaired) electrons. The first-order valence-corrected chi connectivity index (χ1v) is 8.11. The van der Waals surface area contributed by atoms with Crippen molar-refractivity contribution in [2.24, 2.45) is 11.7 Å². The van der Waals surface area contributed by atoms with Crippen molar-refractivity contribution in [1.82, 2.24) is 0 Å². The highest BCUT2D eigenvalue weighted by atomic mass is 19.1. The van der Waals surface area contributed by atoms with Gasteiger partial charge in [-0.05, 0) is 43.2 Å². The molecule has 0 bridgehead atoms. The molecular formula is C20H33F2N. The lowest BCUT2D eigenvalue weighted by Gasteiger charge is -2.18. The van der Waals surface area contributed by atoms with Crippen LogP contribution in [-0.2, 0) is 0 Å². The van der Waals surface area contributed by atoms with Crippen LogP contribution in [0.1, 0.15) is 58.4 Å². The zero-order chi connectivity index (χ0) is 18.4. The zero-order valence-electron chi connectivity index (χ0n) is 15.1. The van der Waals surface area contributed by atoms with Crippen molar-refractivity contribution in [2.75, 3.05) is 0 Å². The Morgan fingerprint density at radius 1 is 1.17 bits per heavy atom. The van der Waals surface area contributed by atoms with E-state index in [4.69, 9.17) is 5.73 Å². The van der Waals surface area contributed by atoms with Gasteiger partial charge in [0.05, 0.1) is 6.17 Å². The highest BCUT2D eigenvalue weighted by Crippen LogP contribution is 2.27. The van der Waals surface area contributed by atoms with Crippen molar-refractivity contribution in [3.05, 3.63) is 61.1 Å². The zero-order valence-corrected chi connectivity index (χ0v) is 15.1. The molecule has 2 N–H and O–H groups in total. The SMILES string of the molecule is C=C.C=C(N)CCC.CC(C[C@H](C)C(C)F)c1ccccc1F. The van der Waals surface area contributed by atoms with Gasteiger partial charge in [0, 0.05) is 5.70 Å². The summed E-state index contributed by atoms with van der Waals surface area (Å²) in [6, 6.07) is 6.72. The first kappa shape index (κ1) is 23.6. The Labute approximate surface area is 141 Å². The normalized spacial score (nSPS) is 13.5. The Hall–Kier alpha value is -1.64. The summed E-state index contributed by atoms with van der Waals surface area (Å²) in [6.07, 6.45) is 1.91. The van der Waals surface area contributed by atoms with Crippen molar-refractivity contribution in [1.29, 1.82) is 0 Å². The van der Waals surface area contributed by atoms with E-state index in [0.29, 0.717) is 12.0 Å². The van der Waals surface area contributed by atoms with Crippen LogP contribution in [0.2, 0.25) is 0 Å². The maximum absolute atomic E-state index is 13.4. The molecule has 3 atom stereocenters. The molecule has 0 aliphatic carbocycles. The molecular weight excluding hydrogens is 292 g/mol. The van der Waals surface area contributed by atoms with Crippen molar-refractivity contribution in [2.45, 2.75) is 59.0 Å². The van der Waals surface area contributed by atoms with Gasteiger partial charge < -0.3 is 5.73 Å². The van der Waals surface area contributed by atoms with Gasteiger partial charge in [-0.2, -0.15) is 0 Å². The predicted molar refractivity (Wildman–Crippen MR) is 98.7 cm³/mol. The third-order valence-corrected chi connectivity index (χ3v) is 3.52. The van der Waals surface area contributed by atoms with Gasteiger partial charge in [0.1, 0.15) is 5.82 Å². The molecule has 1 rings (SSSR count). The summed E-state index contributed by atoms with van der Waals surface area (Å²) in [5, 5.41) is 0. The first-order chi connectivity index (χ1) is 10.8. The van der Waals surface area contributed by atoms with Crippen LogP contribution in [0.5, 0.6) is 0 Å². The lowest BCUT2D eigenvalue weighted by Crippen LogP contribution is -2.12. The summed E-state index contributed by atoms with van der Waals surface area (Å²) >= 11 is 0. The largest absolute Gasteiger partial charge is 0.403 e. The van der Waals surface area contributed by atoms with E-state index in [1.165, 1.54) is 6.07 Å². The minimum absolute atomic E-state index is 0.0281. The Kier molecular flexibility index (Phi) is 14.4. The average molecular weight is 325 g/mol. The summed E-state index contributed by atoms with van der Waals surface area (Å²) in [7, 11) is 0. The molecule has 0 saturated carbocycles. The van der Waals surface area contributed by atoms with Gasteiger partial charge in [-0.1, -0.05) is 52.0 Å². The summed E-state index contributed by atoms with van der Waals surface area (Å²) in [6.45, 7) is 17.0. The molecule has 3 heteroatoms. The Bertz CT molecular complexity index is 429. The number of halogens is 2. The van der Waals surface area contributed by atoms with Crippen LogP contribution in [0, 0.1) is 11.7 Å². The molecule has 0 aliphatic rings. The first-order valence-electron chi connectivity index (χ1n) is 8.11. The van der Waals surface area contributed by atoms with Crippen molar-refractivity contribution in [3.63, 3.8) is 0 Å². The van der Waals surface area contributed by atoms with Gasteiger partial charge in [-0.15, -0.1) is 13.2 Å². The topological polar surface area (TPSA) is 26.0 Å². The van der Waals surface area contributed by atoms with Crippen LogP contribution in [0.15, 0.2) is 49.7 Å². The second kappa shape index (κ2) is 14.0. The minimum atomic E-state index is -0.834. The molecule has 0 aromatic heterocycles. The fourth-order valence-electron chi connectivity index (χ4n) is 2.07. The minimum Gasteiger partial charge on any atom is -0.403 e. The summed E-state index contributed by atoms with van der Waals surface area (Å²) in [5.74, 6) is -0.150.